The quantitative estimate of drug-likeness (QED) is 0.695. The molecule has 0 fully saturated rings. The van der Waals surface area contributed by atoms with Crippen molar-refractivity contribution in [1.29, 1.82) is 0 Å². The zero-order chi connectivity index (χ0) is 14.9. The predicted molar refractivity (Wildman–Crippen MR) is 67.2 cm³/mol. The van der Waals surface area contributed by atoms with E-state index in [4.69, 9.17) is 10.5 Å². The second-order valence-electron chi connectivity index (χ2n) is 4.03. The van der Waals surface area contributed by atoms with E-state index in [1.807, 2.05) is 0 Å². The van der Waals surface area contributed by atoms with Crippen LogP contribution in [0.4, 0.5) is 18.9 Å². The highest BCUT2D eigenvalue weighted by Gasteiger charge is 2.17. The van der Waals surface area contributed by atoms with Crippen molar-refractivity contribution in [2.24, 2.45) is 0 Å². The Labute approximate surface area is 112 Å². The summed E-state index contributed by atoms with van der Waals surface area (Å²) in [4.78, 5) is 12.1. The Hall–Kier alpha value is -2.50. The normalized spacial score (nSPS) is 10.4. The fraction of sp³-hybridized carbons (Fsp3) is 0.0714. The Bertz CT molecular complexity index is 686. The number of methoxy groups -OCH3 is 1. The van der Waals surface area contributed by atoms with E-state index in [2.05, 4.69) is 0 Å². The third kappa shape index (κ3) is 2.45. The van der Waals surface area contributed by atoms with Gasteiger partial charge >= 0.3 is 0 Å². The van der Waals surface area contributed by atoms with Gasteiger partial charge in [0.15, 0.2) is 29.0 Å². The van der Waals surface area contributed by atoms with Gasteiger partial charge in [0.05, 0.1) is 7.11 Å². The number of hydrogen-bond donors (Lipinski definition) is 1. The van der Waals surface area contributed by atoms with Crippen LogP contribution in [0, 0.1) is 17.5 Å². The van der Waals surface area contributed by atoms with E-state index >= 15 is 0 Å². The van der Waals surface area contributed by atoms with Crippen molar-refractivity contribution in [2.45, 2.75) is 0 Å². The van der Waals surface area contributed by atoms with Gasteiger partial charge in [-0.05, 0) is 24.3 Å². The summed E-state index contributed by atoms with van der Waals surface area (Å²) in [6.45, 7) is 0. The van der Waals surface area contributed by atoms with Gasteiger partial charge in [-0.25, -0.2) is 13.2 Å². The average molecular weight is 281 g/mol. The fourth-order valence-electron chi connectivity index (χ4n) is 1.72. The molecule has 0 radical (unpaired) electrons. The number of ether oxygens (including phenoxy) is 1. The molecule has 0 aliphatic rings. The van der Waals surface area contributed by atoms with Crippen LogP contribution in [-0.4, -0.2) is 12.9 Å². The van der Waals surface area contributed by atoms with Crippen LogP contribution in [0.5, 0.6) is 5.75 Å². The Balaban J connectivity index is 2.46. The molecule has 6 heteroatoms. The number of hydrogen-bond acceptors (Lipinski definition) is 3. The zero-order valence-electron chi connectivity index (χ0n) is 10.4. The van der Waals surface area contributed by atoms with Crippen molar-refractivity contribution in [3.05, 3.63) is 58.9 Å². The van der Waals surface area contributed by atoms with E-state index in [0.29, 0.717) is 12.1 Å². The van der Waals surface area contributed by atoms with E-state index < -0.39 is 23.2 Å². The lowest BCUT2D eigenvalue weighted by Gasteiger charge is -2.07. The first-order chi connectivity index (χ1) is 9.43. The molecule has 0 saturated heterocycles. The van der Waals surface area contributed by atoms with Gasteiger partial charge in [-0.15, -0.1) is 0 Å². The van der Waals surface area contributed by atoms with Crippen LogP contribution in [-0.2, 0) is 0 Å². The Kier molecular flexibility index (Phi) is 3.65. The van der Waals surface area contributed by atoms with E-state index in [9.17, 15) is 18.0 Å². The van der Waals surface area contributed by atoms with Crippen molar-refractivity contribution in [2.75, 3.05) is 12.8 Å². The van der Waals surface area contributed by atoms with Crippen molar-refractivity contribution in [3.63, 3.8) is 0 Å². The lowest BCUT2D eigenvalue weighted by atomic mass is 10.0. The number of anilines is 1. The SMILES string of the molecule is COc1ccc(C(=O)c2cc(F)c(F)cc2N)cc1F. The molecule has 0 amide bonds. The van der Waals surface area contributed by atoms with Crippen LogP contribution in [0.25, 0.3) is 0 Å². The summed E-state index contributed by atoms with van der Waals surface area (Å²) in [5, 5.41) is 0. The van der Waals surface area contributed by atoms with Gasteiger partial charge < -0.3 is 10.5 Å². The molecule has 2 aromatic rings. The third-order valence-electron chi connectivity index (χ3n) is 2.75. The maximum absolute atomic E-state index is 13.5. The van der Waals surface area contributed by atoms with Gasteiger partial charge in [0, 0.05) is 22.9 Å². The van der Waals surface area contributed by atoms with Gasteiger partial charge in [-0.2, -0.15) is 0 Å². The number of halogens is 3. The van der Waals surface area contributed by atoms with Crippen molar-refractivity contribution in [3.8, 4) is 5.75 Å². The number of benzene rings is 2. The summed E-state index contributed by atoms with van der Waals surface area (Å²) in [5.41, 5.74) is 4.99. The molecule has 0 heterocycles. The number of rotatable bonds is 3. The molecule has 0 aliphatic heterocycles. The number of nitrogens with two attached hydrogens (primary N) is 1. The molecule has 0 bridgehead atoms. The summed E-state index contributed by atoms with van der Waals surface area (Å²) in [6.07, 6.45) is 0. The molecule has 0 saturated carbocycles. The van der Waals surface area contributed by atoms with E-state index in [-0.39, 0.29) is 22.6 Å². The molecule has 3 nitrogen and oxygen atoms in total. The minimum Gasteiger partial charge on any atom is -0.494 e. The first kappa shape index (κ1) is 13.9. The van der Waals surface area contributed by atoms with E-state index in [1.54, 1.807) is 0 Å². The summed E-state index contributed by atoms with van der Waals surface area (Å²) in [5.74, 6) is -3.82. The molecule has 2 aromatic carbocycles. The molecule has 104 valence electrons. The lowest BCUT2D eigenvalue weighted by molar-refractivity contribution is 0.103. The highest BCUT2D eigenvalue weighted by Crippen LogP contribution is 2.23. The molecule has 2 N–H and O–H groups in total. The first-order valence-electron chi connectivity index (χ1n) is 5.56. The van der Waals surface area contributed by atoms with Crippen LogP contribution < -0.4 is 10.5 Å². The lowest BCUT2D eigenvalue weighted by Crippen LogP contribution is -2.07. The van der Waals surface area contributed by atoms with Crippen LogP contribution >= 0.6 is 0 Å². The molecule has 0 unspecified atom stereocenters. The van der Waals surface area contributed by atoms with Crippen molar-refractivity contribution >= 4 is 11.5 Å². The van der Waals surface area contributed by atoms with E-state index in [1.165, 1.54) is 19.2 Å². The van der Waals surface area contributed by atoms with Crippen LogP contribution in [0.1, 0.15) is 15.9 Å². The second-order valence-corrected chi connectivity index (χ2v) is 4.03. The number of carbonyl (C=O) groups excluding carboxylic acids is 1. The molecule has 20 heavy (non-hydrogen) atoms. The van der Waals surface area contributed by atoms with Crippen LogP contribution in [0.2, 0.25) is 0 Å². The molecule has 0 aliphatic carbocycles. The highest BCUT2D eigenvalue weighted by molar-refractivity contribution is 6.12. The Morgan fingerprint density at radius 2 is 1.70 bits per heavy atom. The monoisotopic (exact) mass is 281 g/mol. The van der Waals surface area contributed by atoms with E-state index in [0.717, 1.165) is 6.07 Å². The molecule has 0 spiro atoms. The van der Waals surface area contributed by atoms with Gasteiger partial charge in [0.2, 0.25) is 0 Å². The second kappa shape index (κ2) is 5.24. The maximum atomic E-state index is 13.5. The zero-order valence-corrected chi connectivity index (χ0v) is 10.4. The number of ketones is 1. The highest BCUT2D eigenvalue weighted by atomic mass is 19.2. The van der Waals surface area contributed by atoms with Crippen molar-refractivity contribution < 1.29 is 22.7 Å². The van der Waals surface area contributed by atoms with Gasteiger partial charge in [-0.1, -0.05) is 0 Å². The standard InChI is InChI=1S/C14H10F3NO2/c1-20-13-3-2-7(4-11(13)17)14(19)8-5-9(15)10(16)6-12(8)18/h2-6H,18H2,1H3. The summed E-state index contributed by atoms with van der Waals surface area (Å²) in [6, 6.07) is 4.92. The number of nitrogen functional groups attached to an aromatic ring is 1. The van der Waals surface area contributed by atoms with Gasteiger partial charge in [0.25, 0.3) is 0 Å². The summed E-state index contributed by atoms with van der Waals surface area (Å²) < 4.78 is 44.4. The molecular formula is C14H10F3NO2. The largest absolute Gasteiger partial charge is 0.494 e. The Morgan fingerprint density at radius 1 is 1.05 bits per heavy atom. The van der Waals surface area contributed by atoms with Crippen LogP contribution in [0.3, 0.4) is 0 Å². The number of carbonyl (C=O) groups is 1. The maximum Gasteiger partial charge on any atom is 0.195 e. The predicted octanol–water partition coefficient (Wildman–Crippen LogP) is 2.93. The summed E-state index contributed by atoms with van der Waals surface area (Å²) >= 11 is 0. The molecule has 0 atom stereocenters. The van der Waals surface area contributed by atoms with Gasteiger partial charge in [0.1, 0.15) is 0 Å². The minimum atomic E-state index is -1.20. The van der Waals surface area contributed by atoms with Crippen LogP contribution in [0.15, 0.2) is 30.3 Å². The summed E-state index contributed by atoms with van der Waals surface area (Å²) in [7, 11) is 1.28. The first-order valence-corrected chi connectivity index (χ1v) is 5.56. The third-order valence-corrected chi connectivity index (χ3v) is 2.75. The minimum absolute atomic E-state index is 0.0280. The Morgan fingerprint density at radius 3 is 2.30 bits per heavy atom. The average Bonchev–Trinajstić information content (AvgIpc) is 2.42. The molecule has 0 aromatic heterocycles. The van der Waals surface area contributed by atoms with Gasteiger partial charge in [-0.3, -0.25) is 4.79 Å². The topological polar surface area (TPSA) is 52.3 Å². The van der Waals surface area contributed by atoms with Crippen molar-refractivity contribution in [1.82, 2.24) is 0 Å². The fourth-order valence-corrected chi connectivity index (χ4v) is 1.72. The smallest absolute Gasteiger partial charge is 0.195 e. The molecular weight excluding hydrogens is 271 g/mol. The molecule has 2 rings (SSSR count).